The minimum atomic E-state index is -0.313. The van der Waals surface area contributed by atoms with Crippen LogP contribution in [0, 0.1) is 13.8 Å². The van der Waals surface area contributed by atoms with Gasteiger partial charge >= 0.3 is 0 Å². The van der Waals surface area contributed by atoms with Crippen molar-refractivity contribution in [1.29, 1.82) is 0 Å². The number of benzene rings is 2. The van der Waals surface area contributed by atoms with Crippen LogP contribution in [0.2, 0.25) is 0 Å². The molecule has 1 heterocycles. The molecule has 2 aromatic carbocycles. The fourth-order valence-electron chi connectivity index (χ4n) is 3.44. The van der Waals surface area contributed by atoms with Crippen LogP contribution in [0.4, 0.5) is 5.69 Å². The molecular weight excluding hydrogens is 444 g/mol. The van der Waals surface area contributed by atoms with E-state index in [0.29, 0.717) is 17.5 Å². The Morgan fingerprint density at radius 1 is 1.15 bits per heavy atom. The highest BCUT2D eigenvalue weighted by atomic mass is 32.2. The molecule has 1 aromatic heterocycles. The van der Waals surface area contributed by atoms with Gasteiger partial charge in [0.2, 0.25) is 5.91 Å². The number of amides is 1. The molecule has 3 aromatic rings. The molecule has 34 heavy (non-hydrogen) atoms. The maximum Gasteiger partial charge on any atom is 0.234 e. The van der Waals surface area contributed by atoms with Crippen molar-refractivity contribution in [2.75, 3.05) is 11.1 Å². The summed E-state index contributed by atoms with van der Waals surface area (Å²) in [5, 5.41) is 12.3. The minimum Gasteiger partial charge on any atom is -0.483 e. The van der Waals surface area contributed by atoms with Crippen molar-refractivity contribution in [3.8, 4) is 5.75 Å². The highest BCUT2D eigenvalue weighted by Crippen LogP contribution is 2.28. The Hall–Kier alpha value is -3.06. The molecule has 6 nitrogen and oxygen atoms in total. The Labute approximate surface area is 206 Å². The second-order valence-electron chi connectivity index (χ2n) is 9.41. The van der Waals surface area contributed by atoms with E-state index in [0.717, 1.165) is 17.0 Å². The molecule has 0 aliphatic heterocycles. The third-order valence-corrected chi connectivity index (χ3v) is 6.54. The summed E-state index contributed by atoms with van der Waals surface area (Å²) in [6.07, 6.45) is 1.48. The van der Waals surface area contributed by atoms with E-state index in [1.807, 2.05) is 55.7 Å². The van der Waals surface area contributed by atoms with Crippen molar-refractivity contribution in [2.45, 2.75) is 64.8 Å². The molecule has 7 heteroatoms. The number of aromatic nitrogens is 3. The molecular formula is C27H34N4O2S. The van der Waals surface area contributed by atoms with Gasteiger partial charge in [0.05, 0.1) is 5.75 Å². The minimum absolute atomic E-state index is 0.0883. The highest BCUT2D eigenvalue weighted by molar-refractivity contribution is 7.99. The lowest BCUT2D eigenvalue weighted by molar-refractivity contribution is -0.113. The van der Waals surface area contributed by atoms with Crippen molar-refractivity contribution in [3.05, 3.63) is 77.6 Å². The van der Waals surface area contributed by atoms with Crippen LogP contribution >= 0.6 is 11.8 Å². The molecule has 3 rings (SSSR count). The maximum atomic E-state index is 12.5. The van der Waals surface area contributed by atoms with Gasteiger partial charge in [0.25, 0.3) is 0 Å². The van der Waals surface area contributed by atoms with Crippen LogP contribution in [0.15, 0.2) is 60.3 Å². The van der Waals surface area contributed by atoms with E-state index in [2.05, 4.69) is 55.0 Å². The Kier molecular flexibility index (Phi) is 8.20. The van der Waals surface area contributed by atoms with Gasteiger partial charge in [-0.2, -0.15) is 0 Å². The zero-order valence-electron chi connectivity index (χ0n) is 20.9. The number of thioether (sulfide) groups is 1. The van der Waals surface area contributed by atoms with Crippen LogP contribution in [0.1, 0.15) is 56.3 Å². The Morgan fingerprint density at radius 3 is 2.47 bits per heavy atom. The number of hydrogen-bond acceptors (Lipinski definition) is 5. The normalized spacial score (nSPS) is 12.3. The standard InChI is InChI=1S/C27H34N4O2S/c1-8-15-31-25(20(4)33-23-13-10-21(11-14-23)27(5,6)7)29-30-26(31)34-17-24(32)28-22-12-9-18(2)19(3)16-22/h8-14,16,20H,1,15,17H2,2-7H3,(H,28,32). The number of rotatable bonds is 9. The lowest BCUT2D eigenvalue weighted by Crippen LogP contribution is -2.15. The van der Waals surface area contributed by atoms with Crippen molar-refractivity contribution in [1.82, 2.24) is 14.8 Å². The van der Waals surface area contributed by atoms with E-state index >= 15 is 0 Å². The molecule has 0 bridgehead atoms. The average Bonchev–Trinajstić information content (AvgIpc) is 3.17. The zero-order chi connectivity index (χ0) is 24.9. The Bertz CT molecular complexity index is 1150. The highest BCUT2D eigenvalue weighted by Gasteiger charge is 2.20. The first-order valence-electron chi connectivity index (χ1n) is 11.4. The lowest BCUT2D eigenvalue weighted by Gasteiger charge is -2.20. The van der Waals surface area contributed by atoms with Gasteiger partial charge in [-0.05, 0) is 67.1 Å². The average molecular weight is 479 g/mol. The maximum absolute atomic E-state index is 12.5. The van der Waals surface area contributed by atoms with Gasteiger partial charge in [-0.25, -0.2) is 0 Å². The van der Waals surface area contributed by atoms with Gasteiger partial charge in [-0.1, -0.05) is 56.8 Å². The number of nitrogens with one attached hydrogen (secondary N) is 1. The van der Waals surface area contributed by atoms with Gasteiger partial charge in [0.1, 0.15) is 5.75 Å². The Balaban J connectivity index is 1.66. The number of allylic oxidation sites excluding steroid dienone is 1. The summed E-state index contributed by atoms with van der Waals surface area (Å²) in [5.41, 5.74) is 4.47. The van der Waals surface area contributed by atoms with Crippen LogP contribution in [0.3, 0.4) is 0 Å². The number of hydrogen-bond donors (Lipinski definition) is 1. The fraction of sp³-hybridized carbons (Fsp3) is 0.370. The summed E-state index contributed by atoms with van der Waals surface area (Å²) in [6.45, 7) is 17.0. The largest absolute Gasteiger partial charge is 0.483 e. The molecule has 1 unspecified atom stereocenters. The number of anilines is 1. The number of carbonyl (C=O) groups is 1. The molecule has 0 saturated heterocycles. The van der Waals surface area contributed by atoms with Gasteiger partial charge in [-0.15, -0.1) is 16.8 Å². The monoisotopic (exact) mass is 478 g/mol. The molecule has 1 N–H and O–H groups in total. The van der Waals surface area contributed by atoms with E-state index in [1.165, 1.54) is 22.9 Å². The molecule has 0 fully saturated rings. The first kappa shape index (κ1) is 25.6. The van der Waals surface area contributed by atoms with E-state index in [1.54, 1.807) is 6.08 Å². The number of aryl methyl sites for hydroxylation is 2. The van der Waals surface area contributed by atoms with E-state index < -0.39 is 0 Å². The molecule has 0 saturated carbocycles. The van der Waals surface area contributed by atoms with Crippen LogP contribution in [0.5, 0.6) is 5.75 Å². The summed E-state index contributed by atoms with van der Waals surface area (Å²) in [5.74, 6) is 1.60. The zero-order valence-corrected chi connectivity index (χ0v) is 21.7. The molecule has 1 atom stereocenters. The van der Waals surface area contributed by atoms with E-state index in [4.69, 9.17) is 4.74 Å². The van der Waals surface area contributed by atoms with Gasteiger partial charge < -0.3 is 10.1 Å². The lowest BCUT2D eigenvalue weighted by atomic mass is 9.87. The summed E-state index contributed by atoms with van der Waals surface area (Å²) >= 11 is 1.34. The predicted molar refractivity (Wildman–Crippen MR) is 140 cm³/mol. The summed E-state index contributed by atoms with van der Waals surface area (Å²) in [4.78, 5) is 12.5. The predicted octanol–water partition coefficient (Wildman–Crippen LogP) is 6.25. The third kappa shape index (κ3) is 6.50. The summed E-state index contributed by atoms with van der Waals surface area (Å²) in [7, 11) is 0. The molecule has 0 radical (unpaired) electrons. The van der Waals surface area contributed by atoms with Gasteiger partial charge in [-0.3, -0.25) is 9.36 Å². The second-order valence-corrected chi connectivity index (χ2v) is 10.4. The van der Waals surface area contributed by atoms with Crippen LogP contribution in [-0.4, -0.2) is 26.4 Å². The fourth-order valence-corrected chi connectivity index (χ4v) is 4.20. The third-order valence-electron chi connectivity index (χ3n) is 5.58. The smallest absolute Gasteiger partial charge is 0.234 e. The van der Waals surface area contributed by atoms with Gasteiger partial charge in [0, 0.05) is 12.2 Å². The van der Waals surface area contributed by atoms with Crippen molar-refractivity contribution in [2.24, 2.45) is 0 Å². The molecule has 180 valence electrons. The first-order valence-corrected chi connectivity index (χ1v) is 12.4. The van der Waals surface area contributed by atoms with Crippen LogP contribution in [0.25, 0.3) is 0 Å². The van der Waals surface area contributed by atoms with Crippen LogP contribution in [-0.2, 0) is 16.8 Å². The van der Waals surface area contributed by atoms with Crippen molar-refractivity contribution < 1.29 is 9.53 Å². The van der Waals surface area contributed by atoms with Crippen molar-refractivity contribution in [3.63, 3.8) is 0 Å². The quantitative estimate of drug-likeness (QED) is 0.291. The van der Waals surface area contributed by atoms with Gasteiger partial charge in [0.15, 0.2) is 17.1 Å². The molecule has 1 amide bonds. The van der Waals surface area contributed by atoms with Crippen molar-refractivity contribution >= 4 is 23.4 Å². The second kappa shape index (κ2) is 10.9. The molecule has 0 aliphatic rings. The number of ether oxygens (including phenoxy) is 1. The molecule has 0 spiro atoms. The summed E-state index contributed by atoms with van der Waals surface area (Å²) in [6, 6.07) is 14.0. The SMILES string of the molecule is C=CCn1c(SCC(=O)Nc2ccc(C)c(C)c2)nnc1C(C)Oc1ccc(C(C)(C)C)cc1. The summed E-state index contributed by atoms with van der Waals surface area (Å²) < 4.78 is 8.09. The van der Waals surface area contributed by atoms with E-state index in [9.17, 15) is 4.79 Å². The number of carbonyl (C=O) groups excluding carboxylic acids is 1. The van der Waals surface area contributed by atoms with E-state index in [-0.39, 0.29) is 23.2 Å². The first-order chi connectivity index (χ1) is 16.1. The Morgan fingerprint density at radius 2 is 1.85 bits per heavy atom. The molecule has 0 aliphatic carbocycles. The van der Waals surface area contributed by atoms with Crippen LogP contribution < -0.4 is 10.1 Å². The topological polar surface area (TPSA) is 69.0 Å². The number of nitrogens with zero attached hydrogens (tertiary/aromatic N) is 3.